The molecule has 1 aromatic carbocycles. The lowest BCUT2D eigenvalue weighted by molar-refractivity contribution is 0.471. The number of nitrogens with zero attached hydrogens (tertiary/aromatic N) is 1. The monoisotopic (exact) mass is 254 g/mol. The lowest BCUT2D eigenvalue weighted by Gasteiger charge is -1.95. The highest BCUT2D eigenvalue weighted by Crippen LogP contribution is 2.12. The summed E-state index contributed by atoms with van der Waals surface area (Å²) in [6.45, 7) is 0. The van der Waals surface area contributed by atoms with E-state index in [0.29, 0.717) is 12.3 Å². The summed E-state index contributed by atoms with van der Waals surface area (Å²) in [5, 5.41) is 5.94. The van der Waals surface area contributed by atoms with Crippen LogP contribution in [0.15, 0.2) is 37.9 Å². The van der Waals surface area contributed by atoms with Gasteiger partial charge in [0.15, 0.2) is 0 Å². The van der Waals surface area contributed by atoms with Crippen LogP contribution in [0, 0.1) is 0 Å². The zero-order valence-corrected chi connectivity index (χ0v) is 8.74. The molecule has 0 radical (unpaired) electrons. The molecular formula is C9H7BrN2O2. The first-order valence-corrected chi connectivity index (χ1v) is 4.82. The second-order valence-corrected chi connectivity index (χ2v) is 3.73. The number of halogens is 1. The fraction of sp³-hybridized carbons (Fsp3) is 0.111. The van der Waals surface area contributed by atoms with Crippen molar-refractivity contribution in [2.45, 2.75) is 6.42 Å². The number of hydrogen-bond acceptors (Lipinski definition) is 3. The summed E-state index contributed by atoms with van der Waals surface area (Å²) in [5.74, 6) is -0.116. The van der Waals surface area contributed by atoms with Gasteiger partial charge in [-0.15, -0.1) is 5.10 Å². The Morgan fingerprint density at radius 1 is 1.36 bits per heavy atom. The van der Waals surface area contributed by atoms with Gasteiger partial charge in [-0.3, -0.25) is 0 Å². The molecule has 72 valence electrons. The average Bonchev–Trinajstić information content (AvgIpc) is 2.56. The van der Waals surface area contributed by atoms with Crippen molar-refractivity contribution < 1.29 is 4.42 Å². The minimum absolute atomic E-state index is 0.400. The Labute approximate surface area is 88.1 Å². The molecule has 0 aliphatic heterocycles. The summed E-state index contributed by atoms with van der Waals surface area (Å²) in [5.41, 5.74) is 1.04. The smallest absolute Gasteiger partial charge is 0.392 e. The van der Waals surface area contributed by atoms with Crippen LogP contribution in [0.3, 0.4) is 0 Å². The predicted octanol–water partition coefficient (Wildman–Crippen LogP) is 1.72. The minimum atomic E-state index is -0.517. The molecule has 0 saturated heterocycles. The van der Waals surface area contributed by atoms with Crippen LogP contribution in [0.5, 0.6) is 0 Å². The van der Waals surface area contributed by atoms with E-state index in [1.54, 1.807) is 0 Å². The average molecular weight is 255 g/mol. The van der Waals surface area contributed by atoms with E-state index in [0.717, 1.165) is 10.0 Å². The van der Waals surface area contributed by atoms with Crippen LogP contribution in [0.2, 0.25) is 0 Å². The Bertz CT molecular complexity index is 472. The van der Waals surface area contributed by atoms with Gasteiger partial charge in [0.1, 0.15) is 0 Å². The van der Waals surface area contributed by atoms with Gasteiger partial charge >= 0.3 is 5.76 Å². The molecule has 0 atom stereocenters. The molecular weight excluding hydrogens is 248 g/mol. The van der Waals surface area contributed by atoms with Crippen molar-refractivity contribution in [3.63, 3.8) is 0 Å². The molecule has 0 amide bonds. The fourth-order valence-electron chi connectivity index (χ4n) is 1.11. The molecule has 0 spiro atoms. The zero-order chi connectivity index (χ0) is 9.97. The Morgan fingerprint density at radius 3 is 2.64 bits per heavy atom. The van der Waals surface area contributed by atoms with Crippen molar-refractivity contribution in [3.05, 3.63) is 50.7 Å². The van der Waals surface area contributed by atoms with Gasteiger partial charge in [0.25, 0.3) is 0 Å². The van der Waals surface area contributed by atoms with Crippen LogP contribution in [0.25, 0.3) is 0 Å². The van der Waals surface area contributed by atoms with Crippen LogP contribution >= 0.6 is 15.9 Å². The zero-order valence-electron chi connectivity index (χ0n) is 7.16. The first-order valence-electron chi connectivity index (χ1n) is 4.03. The van der Waals surface area contributed by atoms with Gasteiger partial charge in [-0.25, -0.2) is 9.89 Å². The lowest BCUT2D eigenvalue weighted by Crippen LogP contribution is -1.93. The molecule has 1 heterocycles. The summed E-state index contributed by atoms with van der Waals surface area (Å²) in [7, 11) is 0. The molecule has 0 unspecified atom stereocenters. The maximum atomic E-state index is 10.6. The van der Waals surface area contributed by atoms with E-state index >= 15 is 0 Å². The quantitative estimate of drug-likeness (QED) is 0.888. The maximum Gasteiger partial charge on any atom is 0.434 e. The van der Waals surface area contributed by atoms with Gasteiger partial charge < -0.3 is 4.42 Å². The molecule has 4 nitrogen and oxygen atoms in total. The van der Waals surface area contributed by atoms with Crippen LogP contribution in [-0.2, 0) is 6.42 Å². The number of H-pyrrole nitrogens is 1. The molecule has 1 N–H and O–H groups in total. The number of benzene rings is 1. The van der Waals surface area contributed by atoms with E-state index in [9.17, 15) is 4.79 Å². The molecule has 0 fully saturated rings. The first kappa shape index (κ1) is 9.21. The van der Waals surface area contributed by atoms with Crippen molar-refractivity contribution in [1.29, 1.82) is 0 Å². The molecule has 5 heteroatoms. The number of aromatic amines is 1. The summed E-state index contributed by atoms with van der Waals surface area (Å²) < 4.78 is 5.80. The van der Waals surface area contributed by atoms with Gasteiger partial charge in [0.2, 0.25) is 5.89 Å². The summed E-state index contributed by atoms with van der Waals surface area (Å²) in [6.07, 6.45) is 0.520. The van der Waals surface area contributed by atoms with Crippen LogP contribution in [0.4, 0.5) is 0 Å². The van der Waals surface area contributed by atoms with E-state index in [-0.39, 0.29) is 0 Å². The standard InChI is InChI=1S/C9H7BrN2O2/c10-7-3-1-6(2-4-7)5-8-11-12-9(13)14-8/h1-4H,5H2,(H,12,13). The molecule has 0 bridgehead atoms. The van der Waals surface area contributed by atoms with Crippen LogP contribution in [0.1, 0.15) is 11.5 Å². The van der Waals surface area contributed by atoms with Gasteiger partial charge in [-0.1, -0.05) is 28.1 Å². The Kier molecular flexibility index (Phi) is 2.49. The largest absolute Gasteiger partial charge is 0.434 e. The second-order valence-electron chi connectivity index (χ2n) is 2.81. The Balaban J connectivity index is 2.19. The van der Waals surface area contributed by atoms with E-state index in [1.165, 1.54) is 0 Å². The molecule has 14 heavy (non-hydrogen) atoms. The number of hydrogen-bond donors (Lipinski definition) is 1. The van der Waals surface area contributed by atoms with Gasteiger partial charge in [0.05, 0.1) is 6.42 Å². The number of aromatic nitrogens is 2. The third-order valence-electron chi connectivity index (χ3n) is 1.75. The fourth-order valence-corrected chi connectivity index (χ4v) is 1.38. The molecule has 0 aliphatic carbocycles. The highest BCUT2D eigenvalue weighted by Gasteiger charge is 2.02. The minimum Gasteiger partial charge on any atom is -0.392 e. The predicted molar refractivity (Wildman–Crippen MR) is 54.1 cm³/mol. The van der Waals surface area contributed by atoms with Crippen molar-refractivity contribution in [3.8, 4) is 0 Å². The highest BCUT2D eigenvalue weighted by molar-refractivity contribution is 9.10. The normalized spacial score (nSPS) is 10.4. The SMILES string of the molecule is O=c1[nH]nc(Cc2ccc(Br)cc2)o1. The summed E-state index contributed by atoms with van der Waals surface area (Å²) in [6, 6.07) is 7.75. The summed E-state index contributed by atoms with van der Waals surface area (Å²) >= 11 is 3.34. The molecule has 2 aromatic rings. The van der Waals surface area contributed by atoms with Crippen LogP contribution < -0.4 is 5.76 Å². The molecule has 0 saturated carbocycles. The van der Waals surface area contributed by atoms with Gasteiger partial charge in [-0.2, -0.15) is 0 Å². The number of rotatable bonds is 2. The van der Waals surface area contributed by atoms with Crippen molar-refractivity contribution in [2.75, 3.05) is 0 Å². The summed E-state index contributed by atoms with van der Waals surface area (Å²) in [4.78, 5) is 10.6. The van der Waals surface area contributed by atoms with Crippen molar-refractivity contribution >= 4 is 15.9 Å². The van der Waals surface area contributed by atoms with Crippen molar-refractivity contribution in [1.82, 2.24) is 10.2 Å². The highest BCUT2D eigenvalue weighted by atomic mass is 79.9. The second kappa shape index (κ2) is 3.79. The molecule has 2 rings (SSSR count). The van der Waals surface area contributed by atoms with Crippen molar-refractivity contribution in [2.24, 2.45) is 0 Å². The first-order chi connectivity index (χ1) is 6.74. The van der Waals surface area contributed by atoms with E-state index in [1.807, 2.05) is 24.3 Å². The Hall–Kier alpha value is -1.36. The van der Waals surface area contributed by atoms with Gasteiger partial charge in [-0.05, 0) is 17.7 Å². The lowest BCUT2D eigenvalue weighted by atomic mass is 10.2. The van der Waals surface area contributed by atoms with E-state index in [4.69, 9.17) is 4.42 Å². The molecule has 0 aliphatic rings. The third-order valence-corrected chi connectivity index (χ3v) is 2.28. The van der Waals surface area contributed by atoms with E-state index < -0.39 is 5.76 Å². The third kappa shape index (κ3) is 2.11. The van der Waals surface area contributed by atoms with Gasteiger partial charge in [0, 0.05) is 4.47 Å². The van der Waals surface area contributed by atoms with E-state index in [2.05, 4.69) is 26.1 Å². The van der Waals surface area contributed by atoms with Crippen LogP contribution in [-0.4, -0.2) is 10.2 Å². The topological polar surface area (TPSA) is 58.9 Å². The maximum absolute atomic E-state index is 10.6. The molecule has 1 aromatic heterocycles. The Morgan fingerprint density at radius 2 is 2.07 bits per heavy atom. The number of nitrogens with one attached hydrogen (secondary N) is 1.